The van der Waals surface area contributed by atoms with E-state index in [1.807, 2.05) is 6.07 Å². The lowest BCUT2D eigenvalue weighted by molar-refractivity contribution is 0.311. The van der Waals surface area contributed by atoms with Gasteiger partial charge in [-0.15, -0.1) is 0 Å². The molecule has 0 radical (unpaired) electrons. The van der Waals surface area contributed by atoms with Crippen LogP contribution >= 0.6 is 45.2 Å². The lowest BCUT2D eigenvalue weighted by Crippen LogP contribution is -2.20. The van der Waals surface area contributed by atoms with E-state index in [9.17, 15) is 0 Å². The summed E-state index contributed by atoms with van der Waals surface area (Å²) in [6, 6.07) is 6.16. The highest BCUT2D eigenvalue weighted by molar-refractivity contribution is 14.1. The van der Waals surface area contributed by atoms with Gasteiger partial charge in [0, 0.05) is 6.54 Å². The summed E-state index contributed by atoms with van der Waals surface area (Å²) in [4.78, 5) is 0. The van der Waals surface area contributed by atoms with Crippen LogP contribution in [0.25, 0.3) is 0 Å². The third-order valence-electron chi connectivity index (χ3n) is 1.69. The second-order valence-corrected chi connectivity index (χ2v) is 5.08. The molecule has 0 aromatic heterocycles. The predicted molar refractivity (Wildman–Crippen MR) is 75.9 cm³/mol. The molecule has 0 bridgehead atoms. The van der Waals surface area contributed by atoms with Gasteiger partial charge in [-0.1, -0.05) is 13.0 Å². The van der Waals surface area contributed by atoms with Crippen LogP contribution in [0.15, 0.2) is 18.2 Å². The monoisotopic (exact) mass is 417 g/mol. The van der Waals surface area contributed by atoms with E-state index >= 15 is 0 Å². The predicted octanol–water partition coefficient (Wildman–Crippen LogP) is 2.88. The fourth-order valence-corrected chi connectivity index (χ4v) is 2.85. The Bertz CT molecular complexity index is 271. The fraction of sp³-hybridized carbons (Fsp3) is 0.400. The first kappa shape index (κ1) is 12.5. The van der Waals surface area contributed by atoms with Gasteiger partial charge < -0.3 is 10.1 Å². The Morgan fingerprint density at radius 1 is 1.29 bits per heavy atom. The molecule has 2 nitrogen and oxygen atoms in total. The van der Waals surface area contributed by atoms with Crippen LogP contribution in [-0.4, -0.2) is 19.7 Å². The third-order valence-corrected chi connectivity index (χ3v) is 3.39. The molecule has 14 heavy (non-hydrogen) atoms. The second kappa shape index (κ2) is 6.84. The Labute approximate surface area is 112 Å². The molecule has 0 unspecified atom stereocenters. The minimum absolute atomic E-state index is 0.726. The van der Waals surface area contributed by atoms with Gasteiger partial charge in [-0.25, -0.2) is 0 Å². The molecule has 0 aliphatic rings. The molecule has 0 atom stereocenters. The van der Waals surface area contributed by atoms with Crippen LogP contribution in [0.2, 0.25) is 0 Å². The smallest absolute Gasteiger partial charge is 0.145 e. The van der Waals surface area contributed by atoms with Crippen molar-refractivity contribution in [3.05, 3.63) is 25.3 Å². The fourth-order valence-electron chi connectivity index (χ4n) is 1.02. The van der Waals surface area contributed by atoms with Crippen molar-refractivity contribution in [1.82, 2.24) is 5.32 Å². The van der Waals surface area contributed by atoms with Gasteiger partial charge in [0.05, 0.1) is 7.14 Å². The van der Waals surface area contributed by atoms with Gasteiger partial charge in [0.25, 0.3) is 0 Å². The topological polar surface area (TPSA) is 21.3 Å². The number of likely N-dealkylation sites (N-methyl/N-ethyl adjacent to an activating group) is 1. The van der Waals surface area contributed by atoms with Crippen LogP contribution in [0.4, 0.5) is 0 Å². The van der Waals surface area contributed by atoms with Gasteiger partial charge in [-0.3, -0.25) is 0 Å². The number of benzene rings is 1. The number of hydrogen-bond acceptors (Lipinski definition) is 2. The molecule has 1 N–H and O–H groups in total. The highest BCUT2D eigenvalue weighted by Gasteiger charge is 2.04. The molecule has 0 amide bonds. The van der Waals surface area contributed by atoms with Crippen molar-refractivity contribution in [2.75, 3.05) is 19.7 Å². The number of ether oxygens (including phenoxy) is 1. The maximum Gasteiger partial charge on any atom is 0.145 e. The van der Waals surface area contributed by atoms with Crippen LogP contribution in [0.3, 0.4) is 0 Å². The van der Waals surface area contributed by atoms with Gasteiger partial charge >= 0.3 is 0 Å². The first-order valence-corrected chi connectivity index (χ1v) is 6.69. The molecular weight excluding hydrogens is 404 g/mol. The summed E-state index contributed by atoms with van der Waals surface area (Å²) in [5.41, 5.74) is 0. The molecule has 78 valence electrons. The average Bonchev–Trinajstić information content (AvgIpc) is 2.16. The maximum atomic E-state index is 5.69. The molecule has 0 aliphatic carbocycles. The number of para-hydroxylation sites is 1. The molecule has 1 aromatic carbocycles. The standard InChI is InChI=1S/C10H13I2NO/c1-2-13-6-7-14-10-8(11)4-3-5-9(10)12/h3-5,13H,2,6-7H2,1H3. The summed E-state index contributed by atoms with van der Waals surface area (Å²) < 4.78 is 8.04. The molecule has 0 fully saturated rings. The summed E-state index contributed by atoms with van der Waals surface area (Å²) in [5, 5.41) is 3.23. The molecule has 0 heterocycles. The van der Waals surface area contributed by atoms with Crippen LogP contribution in [-0.2, 0) is 0 Å². The lowest BCUT2D eigenvalue weighted by atomic mass is 10.3. The second-order valence-electron chi connectivity index (χ2n) is 2.75. The number of halogens is 2. The molecule has 1 rings (SSSR count). The average molecular weight is 417 g/mol. The SMILES string of the molecule is CCNCCOc1c(I)cccc1I. The van der Waals surface area contributed by atoms with E-state index in [4.69, 9.17) is 4.74 Å². The van der Waals surface area contributed by atoms with E-state index in [-0.39, 0.29) is 0 Å². The van der Waals surface area contributed by atoms with Crippen molar-refractivity contribution in [1.29, 1.82) is 0 Å². The molecule has 4 heteroatoms. The van der Waals surface area contributed by atoms with E-state index in [1.165, 1.54) is 7.14 Å². The van der Waals surface area contributed by atoms with E-state index in [0.717, 1.165) is 25.4 Å². The number of nitrogens with one attached hydrogen (secondary N) is 1. The van der Waals surface area contributed by atoms with Crippen molar-refractivity contribution in [2.45, 2.75) is 6.92 Å². The van der Waals surface area contributed by atoms with Crippen LogP contribution in [0.5, 0.6) is 5.75 Å². The molecule has 0 saturated carbocycles. The zero-order valence-corrected chi connectivity index (χ0v) is 12.3. The van der Waals surface area contributed by atoms with Crippen molar-refractivity contribution >= 4 is 45.2 Å². The normalized spacial score (nSPS) is 10.2. The first-order chi connectivity index (χ1) is 6.75. The van der Waals surface area contributed by atoms with Crippen LogP contribution < -0.4 is 10.1 Å². The van der Waals surface area contributed by atoms with Crippen molar-refractivity contribution < 1.29 is 4.74 Å². The Balaban J connectivity index is 2.49. The van der Waals surface area contributed by atoms with E-state index in [2.05, 4.69) is 69.6 Å². The van der Waals surface area contributed by atoms with Crippen molar-refractivity contribution in [2.24, 2.45) is 0 Å². The summed E-state index contributed by atoms with van der Waals surface area (Å²) >= 11 is 4.59. The molecule has 0 aliphatic heterocycles. The quantitative estimate of drug-likeness (QED) is 0.588. The Hall–Kier alpha value is 0.440. The van der Waals surface area contributed by atoms with E-state index in [0.29, 0.717) is 0 Å². The lowest BCUT2D eigenvalue weighted by Gasteiger charge is -2.09. The highest BCUT2D eigenvalue weighted by Crippen LogP contribution is 2.26. The first-order valence-electron chi connectivity index (χ1n) is 4.53. The van der Waals surface area contributed by atoms with Crippen molar-refractivity contribution in [3.8, 4) is 5.75 Å². The van der Waals surface area contributed by atoms with Gasteiger partial charge in [-0.2, -0.15) is 0 Å². The van der Waals surface area contributed by atoms with E-state index < -0.39 is 0 Å². The summed E-state index contributed by atoms with van der Waals surface area (Å²) in [5.74, 6) is 1.01. The van der Waals surface area contributed by atoms with Gasteiger partial charge in [-0.05, 0) is 63.9 Å². The van der Waals surface area contributed by atoms with Gasteiger partial charge in [0.15, 0.2) is 0 Å². The number of hydrogen-bond donors (Lipinski definition) is 1. The summed E-state index contributed by atoms with van der Waals surface area (Å²) in [6.07, 6.45) is 0. The van der Waals surface area contributed by atoms with Crippen LogP contribution in [0, 0.1) is 7.14 Å². The van der Waals surface area contributed by atoms with Gasteiger partial charge in [0.1, 0.15) is 12.4 Å². The summed E-state index contributed by atoms with van der Waals surface area (Å²) in [7, 11) is 0. The highest BCUT2D eigenvalue weighted by atomic mass is 127. The minimum Gasteiger partial charge on any atom is -0.490 e. The Morgan fingerprint density at radius 3 is 2.50 bits per heavy atom. The Kier molecular flexibility index (Phi) is 6.11. The maximum absolute atomic E-state index is 5.69. The largest absolute Gasteiger partial charge is 0.490 e. The minimum atomic E-state index is 0.726. The third kappa shape index (κ3) is 3.90. The number of rotatable bonds is 5. The van der Waals surface area contributed by atoms with Crippen molar-refractivity contribution in [3.63, 3.8) is 0 Å². The zero-order chi connectivity index (χ0) is 10.4. The van der Waals surface area contributed by atoms with E-state index in [1.54, 1.807) is 0 Å². The van der Waals surface area contributed by atoms with Crippen LogP contribution in [0.1, 0.15) is 6.92 Å². The molecule has 0 saturated heterocycles. The zero-order valence-electron chi connectivity index (χ0n) is 8.02. The summed E-state index contributed by atoms with van der Waals surface area (Å²) in [6.45, 7) is 4.71. The van der Waals surface area contributed by atoms with Gasteiger partial charge in [0.2, 0.25) is 0 Å². The Morgan fingerprint density at radius 2 is 1.93 bits per heavy atom. The molecular formula is C10H13I2NO. The molecule has 0 spiro atoms. The molecule has 1 aromatic rings.